The topological polar surface area (TPSA) is 38.8 Å². The number of nitrogens with zero attached hydrogens (tertiary/aromatic N) is 1. The van der Waals surface area contributed by atoms with Crippen LogP contribution < -0.4 is 9.47 Å². The van der Waals surface area contributed by atoms with Crippen molar-refractivity contribution in [2.45, 2.75) is 26.3 Å². The van der Waals surface area contributed by atoms with E-state index in [1.807, 2.05) is 18.2 Å². The summed E-state index contributed by atoms with van der Waals surface area (Å²) in [4.78, 5) is 13.1. The Balaban J connectivity index is 2.90. The maximum atomic E-state index is 11.6. The van der Waals surface area contributed by atoms with Crippen LogP contribution in [-0.2, 0) is 11.3 Å². The lowest BCUT2D eigenvalue weighted by atomic mass is 10.1. The molecule has 1 aromatic carbocycles. The number of hydrogen-bond acceptors (Lipinski definition) is 3. The summed E-state index contributed by atoms with van der Waals surface area (Å²) in [6, 6.07) is 5.68. The van der Waals surface area contributed by atoms with Gasteiger partial charge in [0.1, 0.15) is 5.88 Å². The van der Waals surface area contributed by atoms with E-state index in [0.29, 0.717) is 24.7 Å². The van der Waals surface area contributed by atoms with Crippen LogP contribution in [0.1, 0.15) is 25.3 Å². The van der Waals surface area contributed by atoms with Crippen molar-refractivity contribution in [1.82, 2.24) is 4.90 Å². The highest BCUT2D eigenvalue weighted by Crippen LogP contribution is 2.32. The van der Waals surface area contributed by atoms with E-state index in [1.165, 1.54) is 0 Å². The maximum absolute atomic E-state index is 11.6. The second-order valence-corrected chi connectivity index (χ2v) is 4.80. The molecule has 0 radical (unpaired) electrons. The number of amides is 1. The van der Waals surface area contributed by atoms with Gasteiger partial charge in [-0.2, -0.15) is 0 Å². The van der Waals surface area contributed by atoms with E-state index in [2.05, 4.69) is 6.92 Å². The Morgan fingerprint density at radius 3 is 2.75 bits per heavy atom. The molecule has 1 aromatic rings. The summed E-state index contributed by atoms with van der Waals surface area (Å²) < 4.78 is 11.1. The van der Waals surface area contributed by atoms with E-state index in [9.17, 15) is 4.79 Å². The second kappa shape index (κ2) is 8.69. The van der Waals surface area contributed by atoms with Crippen LogP contribution in [0.5, 0.6) is 11.5 Å². The van der Waals surface area contributed by atoms with E-state index in [1.54, 1.807) is 19.1 Å². The molecule has 0 aromatic heterocycles. The fourth-order valence-corrected chi connectivity index (χ4v) is 1.98. The molecule has 0 unspecified atom stereocenters. The standard InChI is InChI=1S/C15H22ClNO3/c1-4-5-9-20-15-12(7-6-8-13(15)19-3)11-17(2)14(18)10-16/h6-8H,4-5,9-11H2,1-3H3. The van der Waals surface area contributed by atoms with Crippen LogP contribution in [0.15, 0.2) is 18.2 Å². The van der Waals surface area contributed by atoms with Gasteiger partial charge in [0.25, 0.3) is 0 Å². The molecule has 1 amide bonds. The lowest BCUT2D eigenvalue weighted by molar-refractivity contribution is -0.127. The average Bonchev–Trinajstić information content (AvgIpc) is 2.47. The third-order valence-electron chi connectivity index (χ3n) is 2.97. The lowest BCUT2D eigenvalue weighted by Crippen LogP contribution is -2.27. The van der Waals surface area contributed by atoms with Crippen molar-refractivity contribution >= 4 is 17.5 Å². The predicted molar refractivity (Wildman–Crippen MR) is 80.6 cm³/mol. The minimum atomic E-state index is -0.117. The third kappa shape index (κ3) is 4.60. The Hall–Kier alpha value is -1.42. The molecule has 0 spiro atoms. The first-order chi connectivity index (χ1) is 9.63. The van der Waals surface area contributed by atoms with Gasteiger partial charge in [-0.3, -0.25) is 4.79 Å². The molecule has 0 N–H and O–H groups in total. The van der Waals surface area contributed by atoms with Gasteiger partial charge in [0.2, 0.25) is 5.91 Å². The molecule has 0 aliphatic heterocycles. The summed E-state index contributed by atoms with van der Waals surface area (Å²) in [6.45, 7) is 3.20. The SMILES string of the molecule is CCCCOc1c(CN(C)C(=O)CCl)cccc1OC. The van der Waals surface area contributed by atoms with Crippen molar-refractivity contribution in [3.63, 3.8) is 0 Å². The van der Waals surface area contributed by atoms with Crippen molar-refractivity contribution in [1.29, 1.82) is 0 Å². The summed E-state index contributed by atoms with van der Waals surface area (Å²) in [5.41, 5.74) is 0.918. The first kappa shape index (κ1) is 16.6. The van der Waals surface area contributed by atoms with Gasteiger partial charge in [0, 0.05) is 19.2 Å². The van der Waals surface area contributed by atoms with Crippen LogP contribution in [-0.4, -0.2) is 37.5 Å². The van der Waals surface area contributed by atoms with E-state index < -0.39 is 0 Å². The number of ether oxygens (including phenoxy) is 2. The van der Waals surface area contributed by atoms with Crippen LogP contribution in [0.2, 0.25) is 0 Å². The molecule has 0 saturated carbocycles. The van der Waals surface area contributed by atoms with Crippen molar-refractivity contribution in [3.8, 4) is 11.5 Å². The first-order valence-corrected chi connectivity index (χ1v) is 7.26. The number of para-hydroxylation sites is 1. The molecule has 0 saturated heterocycles. The third-order valence-corrected chi connectivity index (χ3v) is 3.20. The van der Waals surface area contributed by atoms with Crippen LogP contribution in [0.25, 0.3) is 0 Å². The largest absolute Gasteiger partial charge is 0.493 e. The maximum Gasteiger partial charge on any atom is 0.237 e. The summed E-state index contributed by atoms with van der Waals surface area (Å²) in [5, 5.41) is 0. The number of benzene rings is 1. The Morgan fingerprint density at radius 2 is 2.15 bits per heavy atom. The number of methoxy groups -OCH3 is 1. The monoisotopic (exact) mass is 299 g/mol. The molecule has 0 bridgehead atoms. The van der Waals surface area contributed by atoms with Crippen molar-refractivity contribution < 1.29 is 14.3 Å². The number of alkyl halides is 1. The van der Waals surface area contributed by atoms with E-state index in [-0.39, 0.29) is 11.8 Å². The minimum absolute atomic E-state index is 0.0213. The van der Waals surface area contributed by atoms with Gasteiger partial charge in [-0.1, -0.05) is 25.5 Å². The fourth-order valence-electron chi connectivity index (χ4n) is 1.77. The number of carbonyl (C=O) groups is 1. The fraction of sp³-hybridized carbons (Fsp3) is 0.533. The zero-order valence-corrected chi connectivity index (χ0v) is 13.1. The van der Waals surface area contributed by atoms with Gasteiger partial charge in [0.05, 0.1) is 13.7 Å². The quantitative estimate of drug-likeness (QED) is 0.547. The van der Waals surface area contributed by atoms with Crippen molar-refractivity contribution in [3.05, 3.63) is 23.8 Å². The smallest absolute Gasteiger partial charge is 0.237 e. The van der Waals surface area contributed by atoms with E-state index in [0.717, 1.165) is 18.4 Å². The number of rotatable bonds is 8. The Labute approximate surface area is 125 Å². The Kier molecular flexibility index (Phi) is 7.23. The lowest BCUT2D eigenvalue weighted by Gasteiger charge is -2.20. The molecule has 0 fully saturated rings. The molecule has 112 valence electrons. The number of unbranched alkanes of at least 4 members (excludes halogenated alkanes) is 1. The normalized spacial score (nSPS) is 10.2. The molecular weight excluding hydrogens is 278 g/mol. The predicted octanol–water partition coefficient (Wildman–Crippen LogP) is 3.07. The van der Waals surface area contributed by atoms with Gasteiger partial charge in [0.15, 0.2) is 11.5 Å². The Morgan fingerprint density at radius 1 is 1.40 bits per heavy atom. The number of carbonyl (C=O) groups excluding carboxylic acids is 1. The highest BCUT2D eigenvalue weighted by atomic mass is 35.5. The van der Waals surface area contributed by atoms with E-state index >= 15 is 0 Å². The summed E-state index contributed by atoms with van der Waals surface area (Å²) in [5.74, 6) is 1.25. The van der Waals surface area contributed by atoms with Crippen LogP contribution in [0.3, 0.4) is 0 Å². The average molecular weight is 300 g/mol. The van der Waals surface area contributed by atoms with Crippen LogP contribution in [0, 0.1) is 0 Å². The number of halogens is 1. The molecule has 1 rings (SSSR count). The van der Waals surface area contributed by atoms with Gasteiger partial charge in [-0.25, -0.2) is 0 Å². The van der Waals surface area contributed by atoms with Crippen LogP contribution in [0.4, 0.5) is 0 Å². The molecule has 0 atom stereocenters. The van der Waals surface area contributed by atoms with Gasteiger partial charge in [-0.05, 0) is 12.5 Å². The van der Waals surface area contributed by atoms with Gasteiger partial charge in [-0.15, -0.1) is 11.6 Å². The summed E-state index contributed by atoms with van der Waals surface area (Å²) in [7, 11) is 3.33. The Bertz CT molecular complexity index is 437. The zero-order valence-electron chi connectivity index (χ0n) is 12.3. The number of hydrogen-bond donors (Lipinski definition) is 0. The minimum Gasteiger partial charge on any atom is -0.493 e. The second-order valence-electron chi connectivity index (χ2n) is 4.53. The summed E-state index contributed by atoms with van der Waals surface area (Å²) in [6.07, 6.45) is 2.04. The highest BCUT2D eigenvalue weighted by molar-refractivity contribution is 6.27. The van der Waals surface area contributed by atoms with Crippen molar-refractivity contribution in [2.24, 2.45) is 0 Å². The first-order valence-electron chi connectivity index (χ1n) is 6.72. The van der Waals surface area contributed by atoms with Crippen molar-refractivity contribution in [2.75, 3.05) is 26.6 Å². The van der Waals surface area contributed by atoms with Gasteiger partial charge < -0.3 is 14.4 Å². The molecule has 0 heterocycles. The van der Waals surface area contributed by atoms with E-state index in [4.69, 9.17) is 21.1 Å². The zero-order chi connectivity index (χ0) is 15.0. The van der Waals surface area contributed by atoms with Crippen LogP contribution >= 0.6 is 11.6 Å². The highest BCUT2D eigenvalue weighted by Gasteiger charge is 2.14. The molecular formula is C15H22ClNO3. The van der Waals surface area contributed by atoms with Gasteiger partial charge >= 0.3 is 0 Å². The molecule has 0 aliphatic rings. The molecule has 20 heavy (non-hydrogen) atoms. The molecule has 5 heteroatoms. The summed E-state index contributed by atoms with van der Waals surface area (Å²) >= 11 is 5.57. The molecule has 0 aliphatic carbocycles. The molecule has 4 nitrogen and oxygen atoms in total.